The molecule has 0 amide bonds. The van der Waals surface area contributed by atoms with Crippen LogP contribution in [0.4, 0.5) is 13.2 Å². The second-order valence-electron chi connectivity index (χ2n) is 5.17. The third kappa shape index (κ3) is 3.07. The van der Waals surface area contributed by atoms with Crippen LogP contribution in [-0.4, -0.2) is 30.4 Å². The van der Waals surface area contributed by atoms with Crippen molar-refractivity contribution in [2.24, 2.45) is 0 Å². The zero-order chi connectivity index (χ0) is 14.8. The van der Waals surface area contributed by atoms with Crippen LogP contribution in [0.3, 0.4) is 0 Å². The predicted molar refractivity (Wildman–Crippen MR) is 68.6 cm³/mol. The number of ether oxygens (including phenoxy) is 1. The average Bonchev–Trinajstić information content (AvgIpc) is 2.82. The Morgan fingerprint density at radius 2 is 2.10 bits per heavy atom. The van der Waals surface area contributed by atoms with Crippen molar-refractivity contribution in [2.75, 3.05) is 13.7 Å². The van der Waals surface area contributed by atoms with Crippen molar-refractivity contribution in [1.29, 1.82) is 0 Å². The minimum atomic E-state index is -4.42. The molecule has 1 aliphatic rings. The summed E-state index contributed by atoms with van der Waals surface area (Å²) in [6.07, 6.45) is -2.96. The lowest BCUT2D eigenvalue weighted by atomic mass is 9.99. The van der Waals surface area contributed by atoms with Gasteiger partial charge in [0.15, 0.2) is 0 Å². The molecule has 2 unspecified atom stereocenters. The van der Waals surface area contributed by atoms with E-state index in [2.05, 4.69) is 5.32 Å². The van der Waals surface area contributed by atoms with E-state index in [9.17, 15) is 18.3 Å². The molecule has 1 aromatic rings. The molecule has 0 radical (unpaired) electrons. The normalized spacial score (nSPS) is 26.8. The maximum atomic E-state index is 12.9. The van der Waals surface area contributed by atoms with E-state index in [1.165, 1.54) is 18.2 Å². The smallest absolute Gasteiger partial charge is 0.419 e. The Hall–Kier alpha value is -1.27. The number of hydrogen-bond acceptors (Lipinski definition) is 3. The molecule has 2 N–H and O–H groups in total. The van der Waals surface area contributed by atoms with E-state index in [0.29, 0.717) is 19.3 Å². The van der Waals surface area contributed by atoms with Gasteiger partial charge < -0.3 is 15.2 Å². The maximum Gasteiger partial charge on any atom is 0.419 e. The van der Waals surface area contributed by atoms with Gasteiger partial charge in [-0.2, -0.15) is 13.2 Å². The molecule has 20 heavy (non-hydrogen) atoms. The number of likely N-dealkylation sites (N-methyl/N-ethyl adjacent to an activating group) is 1. The minimum Gasteiger partial charge on any atom is -0.490 e. The summed E-state index contributed by atoms with van der Waals surface area (Å²) in [6, 6.07) is 5.22. The number of nitrogens with one attached hydrogen (secondary N) is 1. The first kappa shape index (κ1) is 15.1. The Morgan fingerprint density at radius 1 is 1.40 bits per heavy atom. The lowest BCUT2D eigenvalue weighted by Crippen LogP contribution is -2.44. The summed E-state index contributed by atoms with van der Waals surface area (Å²) in [4.78, 5) is 0. The molecule has 0 aliphatic heterocycles. The van der Waals surface area contributed by atoms with Gasteiger partial charge in [-0.05, 0) is 32.0 Å². The largest absolute Gasteiger partial charge is 0.490 e. The van der Waals surface area contributed by atoms with Gasteiger partial charge in [-0.15, -0.1) is 0 Å². The fourth-order valence-corrected chi connectivity index (χ4v) is 2.61. The van der Waals surface area contributed by atoms with Crippen molar-refractivity contribution in [1.82, 2.24) is 5.32 Å². The molecule has 0 heterocycles. The number of halogens is 3. The molecule has 6 heteroatoms. The minimum absolute atomic E-state index is 0.0513. The van der Waals surface area contributed by atoms with E-state index >= 15 is 0 Å². The molecule has 1 aliphatic carbocycles. The van der Waals surface area contributed by atoms with Crippen molar-refractivity contribution in [3.8, 4) is 5.75 Å². The highest BCUT2D eigenvalue weighted by Crippen LogP contribution is 2.39. The molecule has 3 nitrogen and oxygen atoms in total. The number of hydrogen-bond donors (Lipinski definition) is 2. The van der Waals surface area contributed by atoms with Crippen molar-refractivity contribution in [2.45, 2.75) is 37.1 Å². The van der Waals surface area contributed by atoms with Crippen LogP contribution in [-0.2, 0) is 6.18 Å². The van der Waals surface area contributed by atoms with Gasteiger partial charge in [0.25, 0.3) is 0 Å². The van der Waals surface area contributed by atoms with Crippen molar-refractivity contribution < 1.29 is 23.0 Å². The molecular weight excluding hydrogens is 271 g/mol. The van der Waals surface area contributed by atoms with Crippen LogP contribution >= 0.6 is 0 Å². The summed E-state index contributed by atoms with van der Waals surface area (Å²) in [5.41, 5.74) is -1.20. The van der Waals surface area contributed by atoms with Crippen molar-refractivity contribution in [3.05, 3.63) is 29.8 Å². The Balaban J connectivity index is 2.13. The molecule has 1 saturated carbocycles. The zero-order valence-electron chi connectivity index (χ0n) is 11.2. The third-order valence-corrected chi connectivity index (χ3v) is 3.88. The van der Waals surface area contributed by atoms with Gasteiger partial charge in [0.2, 0.25) is 0 Å². The summed E-state index contributed by atoms with van der Waals surface area (Å²) < 4.78 is 44.1. The molecule has 2 rings (SSSR count). The Kier molecular flexibility index (Phi) is 4.25. The summed E-state index contributed by atoms with van der Waals surface area (Å²) in [5, 5.41) is 12.4. The fourth-order valence-electron chi connectivity index (χ4n) is 2.61. The highest BCUT2D eigenvalue weighted by molar-refractivity contribution is 5.35. The Labute approximate surface area is 115 Å². The summed E-state index contributed by atoms with van der Waals surface area (Å²) >= 11 is 0. The van der Waals surface area contributed by atoms with Gasteiger partial charge in [-0.1, -0.05) is 12.1 Å². The van der Waals surface area contributed by atoms with E-state index in [1.807, 2.05) is 0 Å². The number of rotatable bonds is 4. The van der Waals surface area contributed by atoms with E-state index in [0.717, 1.165) is 6.07 Å². The zero-order valence-corrected chi connectivity index (χ0v) is 11.2. The lowest BCUT2D eigenvalue weighted by molar-refractivity contribution is -0.139. The molecule has 112 valence electrons. The monoisotopic (exact) mass is 289 g/mol. The molecule has 1 aromatic carbocycles. The first-order chi connectivity index (χ1) is 9.40. The first-order valence-electron chi connectivity index (χ1n) is 6.53. The van der Waals surface area contributed by atoms with E-state index < -0.39 is 17.3 Å². The molecule has 0 bridgehead atoms. The van der Waals surface area contributed by atoms with Gasteiger partial charge in [-0.3, -0.25) is 0 Å². The molecular formula is C14H18F3NO2. The van der Waals surface area contributed by atoms with E-state index in [1.54, 1.807) is 7.05 Å². The third-order valence-electron chi connectivity index (χ3n) is 3.88. The quantitative estimate of drug-likeness (QED) is 0.895. The fraction of sp³-hybridized carbons (Fsp3) is 0.571. The van der Waals surface area contributed by atoms with Gasteiger partial charge in [0.05, 0.1) is 12.2 Å². The second kappa shape index (κ2) is 5.61. The molecule has 1 fully saturated rings. The van der Waals surface area contributed by atoms with Gasteiger partial charge in [0, 0.05) is 12.0 Å². The van der Waals surface area contributed by atoms with Crippen molar-refractivity contribution in [3.63, 3.8) is 0 Å². The summed E-state index contributed by atoms with van der Waals surface area (Å²) in [7, 11) is 1.74. The van der Waals surface area contributed by atoms with E-state index in [-0.39, 0.29) is 18.5 Å². The average molecular weight is 289 g/mol. The van der Waals surface area contributed by atoms with Crippen LogP contribution in [0.15, 0.2) is 24.3 Å². The molecule has 2 atom stereocenters. The first-order valence-corrected chi connectivity index (χ1v) is 6.53. The second-order valence-corrected chi connectivity index (χ2v) is 5.17. The van der Waals surface area contributed by atoms with Gasteiger partial charge in [-0.25, -0.2) is 0 Å². The van der Waals surface area contributed by atoms with Crippen LogP contribution in [0, 0.1) is 0 Å². The molecule has 0 spiro atoms. The van der Waals surface area contributed by atoms with Gasteiger partial charge in [0.1, 0.15) is 11.9 Å². The molecule has 0 saturated heterocycles. The maximum absolute atomic E-state index is 12.9. The topological polar surface area (TPSA) is 41.5 Å². The van der Waals surface area contributed by atoms with Crippen LogP contribution in [0.5, 0.6) is 5.75 Å². The van der Waals surface area contributed by atoms with Crippen LogP contribution in [0.2, 0.25) is 0 Å². The Morgan fingerprint density at radius 3 is 2.65 bits per heavy atom. The van der Waals surface area contributed by atoms with Crippen molar-refractivity contribution >= 4 is 0 Å². The summed E-state index contributed by atoms with van der Waals surface area (Å²) in [5.74, 6) is -0.144. The van der Waals surface area contributed by atoms with Crippen LogP contribution < -0.4 is 10.1 Å². The van der Waals surface area contributed by atoms with Gasteiger partial charge >= 0.3 is 6.18 Å². The predicted octanol–water partition coefficient (Wildman–Crippen LogP) is 2.59. The number of benzene rings is 1. The number of aliphatic hydroxyl groups is 1. The SMILES string of the molecule is CNC1(CO)CCC(Oc2ccccc2C(F)(F)F)C1. The number of alkyl halides is 3. The highest BCUT2D eigenvalue weighted by Gasteiger charge is 2.40. The van der Waals surface area contributed by atoms with E-state index in [4.69, 9.17) is 4.74 Å². The Bertz CT molecular complexity index is 458. The lowest BCUT2D eigenvalue weighted by Gasteiger charge is -2.26. The van der Waals surface area contributed by atoms with Crippen LogP contribution in [0.25, 0.3) is 0 Å². The molecule has 0 aromatic heterocycles. The summed E-state index contributed by atoms with van der Waals surface area (Å²) in [6.45, 7) is -0.0513. The highest BCUT2D eigenvalue weighted by atomic mass is 19.4. The number of aliphatic hydroxyl groups excluding tert-OH is 1. The number of para-hydroxylation sites is 1. The standard InChI is InChI=1S/C14H18F3NO2/c1-18-13(9-19)7-6-10(8-13)20-12-5-3-2-4-11(12)14(15,16)17/h2-5,10,18-19H,6-9H2,1H3. The van der Waals surface area contributed by atoms with Crippen LogP contribution in [0.1, 0.15) is 24.8 Å².